The summed E-state index contributed by atoms with van der Waals surface area (Å²) in [5.74, 6) is -1.06. The average molecular weight is 293 g/mol. The SMILES string of the molecule is CS(=O)(=O)c1ccc(Br)cc1CC(=O)O. The molecule has 0 aliphatic heterocycles. The van der Waals surface area contributed by atoms with E-state index in [1.165, 1.54) is 12.1 Å². The van der Waals surface area contributed by atoms with Gasteiger partial charge in [0, 0.05) is 10.7 Å². The van der Waals surface area contributed by atoms with Crippen LogP contribution in [0.3, 0.4) is 0 Å². The van der Waals surface area contributed by atoms with E-state index in [0.29, 0.717) is 10.0 Å². The number of sulfone groups is 1. The van der Waals surface area contributed by atoms with Crippen LogP contribution in [-0.4, -0.2) is 25.7 Å². The van der Waals surface area contributed by atoms with Crippen LogP contribution in [0.15, 0.2) is 27.6 Å². The number of hydrogen-bond acceptors (Lipinski definition) is 3. The molecule has 0 radical (unpaired) electrons. The van der Waals surface area contributed by atoms with Crippen LogP contribution in [-0.2, 0) is 21.1 Å². The van der Waals surface area contributed by atoms with Gasteiger partial charge < -0.3 is 5.11 Å². The lowest BCUT2D eigenvalue weighted by Crippen LogP contribution is -2.07. The first-order chi connectivity index (χ1) is 6.80. The third kappa shape index (κ3) is 3.32. The van der Waals surface area contributed by atoms with Gasteiger partial charge in [-0.2, -0.15) is 0 Å². The van der Waals surface area contributed by atoms with Crippen molar-refractivity contribution in [1.82, 2.24) is 0 Å². The first-order valence-electron chi connectivity index (χ1n) is 4.01. The molecule has 0 unspecified atom stereocenters. The summed E-state index contributed by atoms with van der Waals surface area (Å²) in [5, 5.41) is 8.64. The molecule has 0 bridgehead atoms. The van der Waals surface area contributed by atoms with Crippen LogP contribution >= 0.6 is 15.9 Å². The first-order valence-corrected chi connectivity index (χ1v) is 6.69. The molecule has 0 aliphatic carbocycles. The van der Waals surface area contributed by atoms with Crippen LogP contribution in [0.1, 0.15) is 5.56 Å². The molecule has 1 aromatic rings. The Morgan fingerprint density at radius 1 is 1.47 bits per heavy atom. The molecule has 1 rings (SSSR count). The van der Waals surface area contributed by atoms with Crippen LogP contribution in [0.5, 0.6) is 0 Å². The Kier molecular flexibility index (Phi) is 3.51. The summed E-state index contributed by atoms with van der Waals surface area (Å²) in [6.45, 7) is 0. The number of carbonyl (C=O) groups is 1. The number of carboxylic acid groups (broad SMARTS) is 1. The zero-order valence-corrected chi connectivity index (χ0v) is 10.3. The molecule has 0 aliphatic rings. The lowest BCUT2D eigenvalue weighted by Gasteiger charge is -2.06. The van der Waals surface area contributed by atoms with Gasteiger partial charge in [0.1, 0.15) is 0 Å². The van der Waals surface area contributed by atoms with E-state index in [0.717, 1.165) is 6.26 Å². The topological polar surface area (TPSA) is 71.4 Å². The van der Waals surface area contributed by atoms with Crippen molar-refractivity contribution in [1.29, 1.82) is 0 Å². The Hall–Kier alpha value is -0.880. The average Bonchev–Trinajstić information content (AvgIpc) is 1.99. The summed E-state index contributed by atoms with van der Waals surface area (Å²) in [4.78, 5) is 10.6. The van der Waals surface area contributed by atoms with E-state index in [9.17, 15) is 13.2 Å². The Balaban J connectivity index is 3.33. The predicted molar refractivity (Wildman–Crippen MR) is 58.6 cm³/mol. The summed E-state index contributed by atoms with van der Waals surface area (Å²) in [6, 6.07) is 4.48. The molecule has 0 heterocycles. The van der Waals surface area contributed by atoms with Crippen LogP contribution in [0, 0.1) is 0 Å². The molecular formula is C9H9BrO4S. The maximum Gasteiger partial charge on any atom is 0.307 e. The quantitative estimate of drug-likeness (QED) is 0.916. The maximum absolute atomic E-state index is 11.3. The molecule has 0 saturated carbocycles. The van der Waals surface area contributed by atoms with Crippen LogP contribution in [0.25, 0.3) is 0 Å². The van der Waals surface area contributed by atoms with Gasteiger partial charge in [-0.05, 0) is 23.8 Å². The molecule has 1 aromatic carbocycles. The monoisotopic (exact) mass is 292 g/mol. The summed E-state index contributed by atoms with van der Waals surface area (Å²) in [6.07, 6.45) is 0.753. The molecule has 0 spiro atoms. The molecule has 0 aromatic heterocycles. The fourth-order valence-corrected chi connectivity index (χ4v) is 2.54. The van der Waals surface area contributed by atoms with Crippen LogP contribution < -0.4 is 0 Å². The van der Waals surface area contributed by atoms with Crippen LogP contribution in [0.2, 0.25) is 0 Å². The molecular weight excluding hydrogens is 284 g/mol. The molecule has 0 saturated heterocycles. The van der Waals surface area contributed by atoms with E-state index < -0.39 is 15.8 Å². The van der Waals surface area contributed by atoms with E-state index in [1.807, 2.05) is 0 Å². The molecule has 0 fully saturated rings. The number of carboxylic acids is 1. The summed E-state index contributed by atoms with van der Waals surface area (Å²) in [7, 11) is -3.38. The normalized spacial score (nSPS) is 11.3. The van der Waals surface area contributed by atoms with Crippen molar-refractivity contribution in [2.75, 3.05) is 6.26 Å². The lowest BCUT2D eigenvalue weighted by molar-refractivity contribution is -0.136. The van der Waals surface area contributed by atoms with Gasteiger partial charge in [-0.25, -0.2) is 8.42 Å². The second-order valence-corrected chi connectivity index (χ2v) is 5.99. The fraction of sp³-hybridized carbons (Fsp3) is 0.222. The van der Waals surface area contributed by atoms with Gasteiger partial charge in [0.25, 0.3) is 0 Å². The second-order valence-electron chi connectivity index (χ2n) is 3.09. The van der Waals surface area contributed by atoms with Gasteiger partial charge in [0.2, 0.25) is 0 Å². The van der Waals surface area contributed by atoms with Crippen LogP contribution in [0.4, 0.5) is 0 Å². The summed E-state index contributed by atoms with van der Waals surface area (Å²) >= 11 is 3.17. The number of hydrogen-bond donors (Lipinski definition) is 1. The molecule has 6 heteroatoms. The van der Waals surface area contributed by atoms with Crippen molar-refractivity contribution in [3.05, 3.63) is 28.2 Å². The standard InChI is InChI=1S/C9H9BrO4S/c1-15(13,14)8-3-2-7(10)4-6(8)5-9(11)12/h2-4H,5H2,1H3,(H,11,12). The largest absolute Gasteiger partial charge is 0.481 e. The number of rotatable bonds is 3. The minimum absolute atomic E-state index is 0.0631. The van der Waals surface area contributed by atoms with Gasteiger partial charge >= 0.3 is 5.97 Å². The highest BCUT2D eigenvalue weighted by molar-refractivity contribution is 9.10. The van der Waals surface area contributed by atoms with Crippen molar-refractivity contribution in [2.24, 2.45) is 0 Å². The third-order valence-electron chi connectivity index (χ3n) is 1.76. The fourth-order valence-electron chi connectivity index (χ4n) is 1.21. The highest BCUT2D eigenvalue weighted by Crippen LogP contribution is 2.21. The van der Waals surface area contributed by atoms with Gasteiger partial charge in [0.15, 0.2) is 9.84 Å². The number of benzene rings is 1. The molecule has 82 valence electrons. The lowest BCUT2D eigenvalue weighted by atomic mass is 10.1. The molecule has 1 N–H and O–H groups in total. The van der Waals surface area contributed by atoms with Crippen molar-refractivity contribution in [2.45, 2.75) is 11.3 Å². The molecule has 15 heavy (non-hydrogen) atoms. The Morgan fingerprint density at radius 2 is 2.07 bits per heavy atom. The van der Waals surface area contributed by atoms with E-state index in [2.05, 4.69) is 15.9 Å². The summed E-state index contributed by atoms with van der Waals surface area (Å²) < 4.78 is 23.3. The smallest absolute Gasteiger partial charge is 0.307 e. The van der Waals surface area contributed by atoms with Gasteiger partial charge in [0.05, 0.1) is 11.3 Å². The molecule has 0 amide bonds. The minimum Gasteiger partial charge on any atom is -0.481 e. The van der Waals surface area contributed by atoms with Gasteiger partial charge in [-0.15, -0.1) is 0 Å². The highest BCUT2D eigenvalue weighted by Gasteiger charge is 2.15. The van der Waals surface area contributed by atoms with E-state index in [4.69, 9.17) is 5.11 Å². The van der Waals surface area contributed by atoms with Crippen molar-refractivity contribution >= 4 is 31.7 Å². The first kappa shape index (κ1) is 12.2. The van der Waals surface area contributed by atoms with E-state index in [-0.39, 0.29) is 11.3 Å². The minimum atomic E-state index is -3.38. The Morgan fingerprint density at radius 3 is 2.53 bits per heavy atom. The van der Waals surface area contributed by atoms with Crippen molar-refractivity contribution in [3.8, 4) is 0 Å². The highest BCUT2D eigenvalue weighted by atomic mass is 79.9. The van der Waals surface area contributed by atoms with Gasteiger partial charge in [-0.3, -0.25) is 4.79 Å². The third-order valence-corrected chi connectivity index (χ3v) is 3.45. The Bertz CT molecular complexity index is 493. The zero-order chi connectivity index (χ0) is 11.6. The van der Waals surface area contributed by atoms with Crippen molar-refractivity contribution < 1.29 is 18.3 Å². The molecule has 4 nitrogen and oxygen atoms in total. The predicted octanol–water partition coefficient (Wildman–Crippen LogP) is 1.48. The van der Waals surface area contributed by atoms with Gasteiger partial charge in [-0.1, -0.05) is 15.9 Å². The summed E-state index contributed by atoms with van der Waals surface area (Å²) in [5.41, 5.74) is 0.291. The number of halogens is 1. The van der Waals surface area contributed by atoms with E-state index in [1.54, 1.807) is 6.07 Å². The van der Waals surface area contributed by atoms with Crippen molar-refractivity contribution in [3.63, 3.8) is 0 Å². The Labute approximate surface area is 96.0 Å². The second kappa shape index (κ2) is 4.32. The zero-order valence-electron chi connectivity index (χ0n) is 7.90. The molecule has 0 atom stereocenters. The van der Waals surface area contributed by atoms with E-state index >= 15 is 0 Å². The number of aliphatic carboxylic acids is 1. The maximum atomic E-state index is 11.3.